The average Bonchev–Trinajstić information content (AvgIpc) is 2.60. The number of carbonyl (C=O) groups excluding carboxylic acids is 1. The summed E-state index contributed by atoms with van der Waals surface area (Å²) < 4.78 is 10.8. The Morgan fingerprint density at radius 3 is 2.64 bits per heavy atom. The standard InChI is InChI=1S/C21H33NO3/c1-14(2)17-10-9-15(3)13-18(17)21(23)22-12-11-16-7-6-8-19(24-4)20(16)25-5/h6-8,14-15,17-18H,9-13H2,1-5H3,(H,22,23)/t15-,17+,18-/m1/s1. The van der Waals surface area contributed by atoms with Gasteiger partial charge in [0.1, 0.15) is 0 Å². The minimum Gasteiger partial charge on any atom is -0.493 e. The first-order valence-corrected chi connectivity index (χ1v) is 9.45. The summed E-state index contributed by atoms with van der Waals surface area (Å²) in [5.74, 6) is 3.55. The third-order valence-electron chi connectivity index (χ3n) is 5.54. The molecule has 1 N–H and O–H groups in total. The van der Waals surface area contributed by atoms with E-state index < -0.39 is 0 Å². The topological polar surface area (TPSA) is 47.6 Å². The number of rotatable bonds is 7. The van der Waals surface area contributed by atoms with Gasteiger partial charge in [-0.15, -0.1) is 0 Å². The van der Waals surface area contributed by atoms with Crippen LogP contribution < -0.4 is 14.8 Å². The zero-order valence-corrected chi connectivity index (χ0v) is 16.3. The lowest BCUT2D eigenvalue weighted by Gasteiger charge is -2.36. The molecule has 0 aliphatic heterocycles. The summed E-state index contributed by atoms with van der Waals surface area (Å²) in [4.78, 5) is 12.8. The molecular formula is C21H33NO3. The molecule has 140 valence electrons. The van der Waals surface area contributed by atoms with E-state index in [1.807, 2.05) is 18.2 Å². The Bertz CT molecular complexity index is 570. The molecule has 2 rings (SSSR count). The van der Waals surface area contributed by atoms with Crippen LogP contribution in [-0.4, -0.2) is 26.7 Å². The predicted octanol–water partition coefficient (Wildman–Crippen LogP) is 4.07. The summed E-state index contributed by atoms with van der Waals surface area (Å²) in [6.07, 6.45) is 4.16. The quantitative estimate of drug-likeness (QED) is 0.809. The van der Waals surface area contributed by atoms with Gasteiger partial charge in [0.15, 0.2) is 11.5 Å². The molecule has 0 unspecified atom stereocenters. The highest BCUT2D eigenvalue weighted by Crippen LogP contribution is 2.38. The lowest BCUT2D eigenvalue weighted by molar-refractivity contribution is -0.129. The van der Waals surface area contributed by atoms with Crippen molar-refractivity contribution in [2.75, 3.05) is 20.8 Å². The van der Waals surface area contributed by atoms with Crippen molar-refractivity contribution in [2.24, 2.45) is 23.7 Å². The highest BCUT2D eigenvalue weighted by molar-refractivity contribution is 5.79. The highest BCUT2D eigenvalue weighted by atomic mass is 16.5. The molecule has 1 aliphatic carbocycles. The number of carbonyl (C=O) groups is 1. The van der Waals surface area contributed by atoms with Crippen LogP contribution in [0.1, 0.15) is 45.6 Å². The second kappa shape index (κ2) is 9.12. The number of hydrogen-bond donors (Lipinski definition) is 1. The first kappa shape index (κ1) is 19.6. The number of hydrogen-bond acceptors (Lipinski definition) is 3. The second-order valence-corrected chi connectivity index (χ2v) is 7.63. The summed E-state index contributed by atoms with van der Waals surface area (Å²) in [5.41, 5.74) is 1.06. The molecule has 0 spiro atoms. The van der Waals surface area contributed by atoms with Gasteiger partial charge >= 0.3 is 0 Å². The molecule has 0 saturated heterocycles. The summed E-state index contributed by atoms with van der Waals surface area (Å²) in [5, 5.41) is 3.16. The van der Waals surface area contributed by atoms with Crippen LogP contribution in [0.4, 0.5) is 0 Å². The average molecular weight is 347 g/mol. The Morgan fingerprint density at radius 1 is 1.24 bits per heavy atom. The van der Waals surface area contributed by atoms with Crippen molar-refractivity contribution in [1.29, 1.82) is 0 Å². The van der Waals surface area contributed by atoms with Crippen LogP contribution in [0.3, 0.4) is 0 Å². The van der Waals surface area contributed by atoms with E-state index in [9.17, 15) is 4.79 Å². The van der Waals surface area contributed by atoms with E-state index in [2.05, 4.69) is 26.1 Å². The first-order valence-electron chi connectivity index (χ1n) is 9.45. The smallest absolute Gasteiger partial charge is 0.223 e. The fourth-order valence-electron chi connectivity index (χ4n) is 4.11. The molecular weight excluding hydrogens is 314 g/mol. The van der Waals surface area contributed by atoms with Gasteiger partial charge in [0.05, 0.1) is 14.2 Å². The summed E-state index contributed by atoms with van der Waals surface area (Å²) in [7, 11) is 3.29. The summed E-state index contributed by atoms with van der Waals surface area (Å²) >= 11 is 0. The highest BCUT2D eigenvalue weighted by Gasteiger charge is 2.35. The number of methoxy groups -OCH3 is 2. The van der Waals surface area contributed by atoms with Crippen molar-refractivity contribution < 1.29 is 14.3 Å². The van der Waals surface area contributed by atoms with E-state index in [1.165, 1.54) is 12.8 Å². The van der Waals surface area contributed by atoms with Crippen LogP contribution >= 0.6 is 0 Å². The van der Waals surface area contributed by atoms with Gasteiger partial charge < -0.3 is 14.8 Å². The van der Waals surface area contributed by atoms with Gasteiger partial charge in [-0.1, -0.05) is 39.3 Å². The van der Waals surface area contributed by atoms with Crippen LogP contribution in [0.2, 0.25) is 0 Å². The maximum Gasteiger partial charge on any atom is 0.223 e. The Labute approximate surface area is 152 Å². The lowest BCUT2D eigenvalue weighted by Crippen LogP contribution is -2.40. The minimum atomic E-state index is 0.149. The van der Waals surface area contributed by atoms with Crippen molar-refractivity contribution in [3.8, 4) is 11.5 Å². The minimum absolute atomic E-state index is 0.149. The number of para-hydroxylation sites is 1. The number of nitrogens with one attached hydrogen (secondary N) is 1. The maximum atomic E-state index is 12.8. The molecule has 0 bridgehead atoms. The van der Waals surface area contributed by atoms with E-state index >= 15 is 0 Å². The molecule has 1 saturated carbocycles. The molecule has 1 aliphatic rings. The number of ether oxygens (including phenoxy) is 2. The molecule has 1 fully saturated rings. The van der Waals surface area contributed by atoms with Gasteiger partial charge in [-0.05, 0) is 48.6 Å². The lowest BCUT2D eigenvalue weighted by atomic mass is 9.70. The van der Waals surface area contributed by atoms with Gasteiger partial charge in [-0.2, -0.15) is 0 Å². The van der Waals surface area contributed by atoms with Crippen LogP contribution in [0.25, 0.3) is 0 Å². The van der Waals surface area contributed by atoms with Crippen molar-refractivity contribution in [2.45, 2.75) is 46.5 Å². The molecule has 4 nitrogen and oxygen atoms in total. The fourth-order valence-corrected chi connectivity index (χ4v) is 4.11. The molecule has 3 atom stereocenters. The Balaban J connectivity index is 1.96. The molecule has 4 heteroatoms. The Kier molecular flexibility index (Phi) is 7.15. The SMILES string of the molecule is COc1cccc(CCNC(=O)[C@@H]2C[C@H](C)CC[C@H]2C(C)C)c1OC. The van der Waals surface area contributed by atoms with Gasteiger partial charge in [-0.3, -0.25) is 4.79 Å². The van der Waals surface area contributed by atoms with E-state index in [1.54, 1.807) is 14.2 Å². The third-order valence-corrected chi connectivity index (χ3v) is 5.54. The summed E-state index contributed by atoms with van der Waals surface area (Å²) in [6.45, 7) is 7.36. The van der Waals surface area contributed by atoms with E-state index in [0.29, 0.717) is 24.3 Å². The van der Waals surface area contributed by atoms with Crippen molar-refractivity contribution in [3.05, 3.63) is 23.8 Å². The van der Waals surface area contributed by atoms with E-state index in [4.69, 9.17) is 9.47 Å². The van der Waals surface area contributed by atoms with E-state index in [-0.39, 0.29) is 11.8 Å². The summed E-state index contributed by atoms with van der Waals surface area (Å²) in [6, 6.07) is 5.86. The number of amides is 1. The van der Waals surface area contributed by atoms with Crippen LogP contribution in [0.15, 0.2) is 18.2 Å². The molecule has 1 amide bonds. The molecule has 0 heterocycles. The number of benzene rings is 1. The van der Waals surface area contributed by atoms with Crippen LogP contribution in [-0.2, 0) is 11.2 Å². The Hall–Kier alpha value is -1.71. The second-order valence-electron chi connectivity index (χ2n) is 7.63. The van der Waals surface area contributed by atoms with Gasteiger partial charge in [-0.25, -0.2) is 0 Å². The Morgan fingerprint density at radius 2 is 2.00 bits per heavy atom. The van der Waals surface area contributed by atoms with Gasteiger partial charge in [0.25, 0.3) is 0 Å². The zero-order valence-electron chi connectivity index (χ0n) is 16.3. The fraction of sp³-hybridized carbons (Fsp3) is 0.667. The molecule has 0 aromatic heterocycles. The predicted molar refractivity (Wildman–Crippen MR) is 101 cm³/mol. The molecule has 0 radical (unpaired) electrons. The van der Waals surface area contributed by atoms with Crippen molar-refractivity contribution in [3.63, 3.8) is 0 Å². The van der Waals surface area contributed by atoms with E-state index in [0.717, 1.165) is 29.9 Å². The van der Waals surface area contributed by atoms with Crippen LogP contribution in [0, 0.1) is 23.7 Å². The third kappa shape index (κ3) is 4.90. The monoisotopic (exact) mass is 347 g/mol. The van der Waals surface area contributed by atoms with Gasteiger partial charge in [0.2, 0.25) is 5.91 Å². The van der Waals surface area contributed by atoms with Crippen molar-refractivity contribution in [1.82, 2.24) is 5.32 Å². The van der Waals surface area contributed by atoms with Gasteiger partial charge in [0, 0.05) is 12.5 Å². The largest absolute Gasteiger partial charge is 0.493 e. The molecule has 25 heavy (non-hydrogen) atoms. The maximum absolute atomic E-state index is 12.8. The molecule has 1 aromatic carbocycles. The molecule has 1 aromatic rings. The van der Waals surface area contributed by atoms with Crippen LogP contribution in [0.5, 0.6) is 11.5 Å². The zero-order chi connectivity index (χ0) is 18.4. The van der Waals surface area contributed by atoms with Crippen molar-refractivity contribution >= 4 is 5.91 Å². The first-order chi connectivity index (χ1) is 12.0. The normalized spacial score (nSPS) is 23.4.